The highest BCUT2D eigenvalue weighted by atomic mass is 16.1. The number of aromatic nitrogens is 3. The van der Waals surface area contributed by atoms with Gasteiger partial charge in [0.05, 0.1) is 23.0 Å². The molecular weight excluding hydrogens is 386 g/mol. The summed E-state index contributed by atoms with van der Waals surface area (Å²) in [6, 6.07) is 15.9. The maximum atomic E-state index is 13.1. The van der Waals surface area contributed by atoms with E-state index in [0.29, 0.717) is 5.56 Å². The van der Waals surface area contributed by atoms with Crippen LogP contribution in [0.15, 0.2) is 67.1 Å². The van der Waals surface area contributed by atoms with E-state index in [-0.39, 0.29) is 11.4 Å². The fourth-order valence-electron chi connectivity index (χ4n) is 3.44. The number of carbonyl (C=O) groups excluding carboxylic acids is 1. The summed E-state index contributed by atoms with van der Waals surface area (Å²) in [5.41, 5.74) is 4.67. The molecular formula is C25H27N5O. The molecule has 0 aliphatic heterocycles. The molecule has 0 spiro atoms. The predicted molar refractivity (Wildman–Crippen MR) is 126 cm³/mol. The molecule has 0 fully saturated rings. The third-order valence-electron chi connectivity index (χ3n) is 4.93. The molecule has 31 heavy (non-hydrogen) atoms. The van der Waals surface area contributed by atoms with Crippen molar-refractivity contribution in [2.75, 3.05) is 5.32 Å². The molecule has 4 rings (SSSR count). The van der Waals surface area contributed by atoms with Crippen molar-refractivity contribution in [3.05, 3.63) is 72.7 Å². The molecule has 0 radical (unpaired) electrons. The van der Waals surface area contributed by atoms with Crippen LogP contribution in [-0.4, -0.2) is 26.2 Å². The first-order valence-electron chi connectivity index (χ1n) is 10.4. The SMILES string of the molecule is CCn1cc(-c2ccc3ncc(C(=O)NC(C)(C)C)c(Nc4ccccc4)c3c2)cn1. The van der Waals surface area contributed by atoms with Crippen LogP contribution in [-0.2, 0) is 6.54 Å². The molecule has 2 aromatic heterocycles. The number of hydrogen-bond acceptors (Lipinski definition) is 4. The normalized spacial score (nSPS) is 11.5. The minimum absolute atomic E-state index is 0.162. The van der Waals surface area contributed by atoms with Crippen molar-refractivity contribution in [1.29, 1.82) is 0 Å². The summed E-state index contributed by atoms with van der Waals surface area (Å²) >= 11 is 0. The Balaban J connectivity index is 1.87. The number of hydrogen-bond donors (Lipinski definition) is 2. The van der Waals surface area contributed by atoms with Crippen molar-refractivity contribution in [3.63, 3.8) is 0 Å². The number of benzene rings is 2. The summed E-state index contributed by atoms with van der Waals surface area (Å²) in [5.74, 6) is -0.162. The van der Waals surface area contributed by atoms with E-state index >= 15 is 0 Å². The first kappa shape index (κ1) is 20.6. The van der Waals surface area contributed by atoms with Crippen LogP contribution in [0.2, 0.25) is 0 Å². The van der Waals surface area contributed by atoms with E-state index in [1.165, 1.54) is 0 Å². The number of anilines is 2. The minimum Gasteiger partial charge on any atom is -0.354 e. The van der Waals surface area contributed by atoms with E-state index in [2.05, 4.69) is 33.7 Å². The van der Waals surface area contributed by atoms with Crippen molar-refractivity contribution >= 4 is 28.2 Å². The molecule has 2 aromatic carbocycles. The van der Waals surface area contributed by atoms with Crippen LogP contribution >= 0.6 is 0 Å². The molecule has 6 heteroatoms. The zero-order chi connectivity index (χ0) is 22.0. The molecule has 0 saturated heterocycles. The summed E-state index contributed by atoms with van der Waals surface area (Å²) in [6.45, 7) is 8.77. The zero-order valence-corrected chi connectivity index (χ0v) is 18.3. The van der Waals surface area contributed by atoms with Gasteiger partial charge in [-0.15, -0.1) is 0 Å². The van der Waals surface area contributed by atoms with Gasteiger partial charge >= 0.3 is 0 Å². The fourth-order valence-corrected chi connectivity index (χ4v) is 3.44. The van der Waals surface area contributed by atoms with Gasteiger partial charge in [-0.1, -0.05) is 24.3 Å². The molecule has 0 atom stereocenters. The number of aryl methyl sites for hydroxylation is 1. The number of rotatable bonds is 5. The molecule has 2 N–H and O–H groups in total. The summed E-state index contributed by atoms with van der Waals surface area (Å²) in [7, 11) is 0. The highest BCUT2D eigenvalue weighted by Crippen LogP contribution is 2.32. The van der Waals surface area contributed by atoms with Crippen molar-refractivity contribution in [2.45, 2.75) is 39.8 Å². The number of para-hydroxylation sites is 1. The van der Waals surface area contributed by atoms with Crippen LogP contribution in [0.3, 0.4) is 0 Å². The zero-order valence-electron chi connectivity index (χ0n) is 18.3. The lowest BCUT2D eigenvalue weighted by Crippen LogP contribution is -2.40. The van der Waals surface area contributed by atoms with Gasteiger partial charge < -0.3 is 10.6 Å². The molecule has 0 bridgehead atoms. The first-order chi connectivity index (χ1) is 14.8. The quantitative estimate of drug-likeness (QED) is 0.460. The number of pyridine rings is 1. The number of nitrogens with zero attached hydrogens (tertiary/aromatic N) is 3. The van der Waals surface area contributed by atoms with Crippen LogP contribution in [0.25, 0.3) is 22.0 Å². The lowest BCUT2D eigenvalue weighted by atomic mass is 10.0. The molecule has 0 unspecified atom stereocenters. The van der Waals surface area contributed by atoms with E-state index in [0.717, 1.165) is 39.9 Å². The third kappa shape index (κ3) is 4.58. The van der Waals surface area contributed by atoms with Crippen LogP contribution in [0, 0.1) is 0 Å². The minimum atomic E-state index is -0.355. The fraction of sp³-hybridized carbons (Fsp3) is 0.240. The highest BCUT2D eigenvalue weighted by molar-refractivity contribution is 6.09. The standard InChI is InChI=1S/C25H27N5O/c1-5-30-16-18(14-27-30)17-11-12-22-20(13-17)23(28-19-9-7-6-8-10-19)21(15-26-22)24(31)29-25(2,3)4/h6-16H,5H2,1-4H3,(H,26,28)(H,29,31). The van der Waals surface area contributed by atoms with Crippen molar-refractivity contribution < 1.29 is 4.79 Å². The monoisotopic (exact) mass is 413 g/mol. The van der Waals surface area contributed by atoms with Crippen LogP contribution in [0.5, 0.6) is 0 Å². The molecule has 0 aliphatic rings. The Hall–Kier alpha value is -3.67. The average Bonchev–Trinajstić information content (AvgIpc) is 3.22. The molecule has 4 aromatic rings. The Labute approximate surface area is 182 Å². The van der Waals surface area contributed by atoms with E-state index < -0.39 is 0 Å². The van der Waals surface area contributed by atoms with Gasteiger partial charge in [-0.25, -0.2) is 0 Å². The highest BCUT2D eigenvalue weighted by Gasteiger charge is 2.21. The van der Waals surface area contributed by atoms with Gasteiger partial charge in [-0.3, -0.25) is 14.5 Å². The molecule has 6 nitrogen and oxygen atoms in total. The Morgan fingerprint density at radius 3 is 2.48 bits per heavy atom. The van der Waals surface area contributed by atoms with E-state index in [1.807, 2.05) is 80.3 Å². The van der Waals surface area contributed by atoms with Gasteiger partial charge in [0.2, 0.25) is 0 Å². The summed E-state index contributed by atoms with van der Waals surface area (Å²) in [4.78, 5) is 17.7. The van der Waals surface area contributed by atoms with Crippen molar-refractivity contribution in [2.24, 2.45) is 0 Å². The van der Waals surface area contributed by atoms with Gasteiger partial charge in [0, 0.05) is 41.1 Å². The van der Waals surface area contributed by atoms with E-state index in [9.17, 15) is 4.79 Å². The van der Waals surface area contributed by atoms with Crippen molar-refractivity contribution in [1.82, 2.24) is 20.1 Å². The van der Waals surface area contributed by atoms with Gasteiger partial charge in [-0.05, 0) is 57.5 Å². The Bertz CT molecular complexity index is 1220. The summed E-state index contributed by atoms with van der Waals surface area (Å²) in [5, 5.41) is 11.8. The molecule has 1 amide bonds. The number of nitrogens with one attached hydrogen (secondary N) is 2. The maximum Gasteiger partial charge on any atom is 0.255 e. The molecule has 0 aliphatic carbocycles. The van der Waals surface area contributed by atoms with Gasteiger partial charge in [0.15, 0.2) is 0 Å². The van der Waals surface area contributed by atoms with Gasteiger partial charge in [-0.2, -0.15) is 5.10 Å². The number of amides is 1. The smallest absolute Gasteiger partial charge is 0.255 e. The van der Waals surface area contributed by atoms with Gasteiger partial charge in [0.25, 0.3) is 5.91 Å². The molecule has 2 heterocycles. The first-order valence-corrected chi connectivity index (χ1v) is 10.4. The topological polar surface area (TPSA) is 71.8 Å². The Morgan fingerprint density at radius 2 is 1.81 bits per heavy atom. The van der Waals surface area contributed by atoms with Gasteiger partial charge in [0.1, 0.15) is 0 Å². The predicted octanol–water partition coefficient (Wildman–Crippen LogP) is 5.39. The largest absolute Gasteiger partial charge is 0.354 e. The Morgan fingerprint density at radius 1 is 1.03 bits per heavy atom. The molecule has 158 valence electrons. The maximum absolute atomic E-state index is 13.1. The lowest BCUT2D eigenvalue weighted by Gasteiger charge is -2.22. The van der Waals surface area contributed by atoms with Crippen LogP contribution in [0.4, 0.5) is 11.4 Å². The second kappa shape index (κ2) is 8.22. The third-order valence-corrected chi connectivity index (χ3v) is 4.93. The Kier molecular flexibility index (Phi) is 5.46. The van der Waals surface area contributed by atoms with Crippen LogP contribution in [0.1, 0.15) is 38.1 Å². The number of carbonyl (C=O) groups is 1. The summed E-state index contributed by atoms with van der Waals surface area (Å²) in [6.07, 6.45) is 5.52. The lowest BCUT2D eigenvalue weighted by molar-refractivity contribution is 0.0920. The average molecular weight is 414 g/mol. The number of fused-ring (bicyclic) bond motifs is 1. The second-order valence-electron chi connectivity index (χ2n) is 8.56. The van der Waals surface area contributed by atoms with Crippen LogP contribution < -0.4 is 10.6 Å². The second-order valence-corrected chi connectivity index (χ2v) is 8.56. The van der Waals surface area contributed by atoms with Crippen molar-refractivity contribution in [3.8, 4) is 11.1 Å². The van der Waals surface area contributed by atoms with E-state index in [4.69, 9.17) is 0 Å². The summed E-state index contributed by atoms with van der Waals surface area (Å²) < 4.78 is 1.90. The van der Waals surface area contributed by atoms with E-state index in [1.54, 1.807) is 6.20 Å². The molecule has 0 saturated carbocycles.